The quantitative estimate of drug-likeness (QED) is 0.689. The van der Waals surface area contributed by atoms with Crippen molar-refractivity contribution in [2.24, 2.45) is 0 Å². The van der Waals surface area contributed by atoms with Crippen LogP contribution in [0.15, 0.2) is 18.3 Å². The van der Waals surface area contributed by atoms with Gasteiger partial charge in [-0.2, -0.15) is 0 Å². The van der Waals surface area contributed by atoms with Crippen molar-refractivity contribution in [1.29, 1.82) is 0 Å². The maximum Gasteiger partial charge on any atom is 0.574 e. The Morgan fingerprint density at radius 3 is 2.62 bits per heavy atom. The van der Waals surface area contributed by atoms with E-state index in [2.05, 4.69) is 27.3 Å². The molecule has 5 nitrogen and oxygen atoms in total. The molecule has 1 heterocycles. The maximum absolute atomic E-state index is 12.2. The van der Waals surface area contributed by atoms with Crippen molar-refractivity contribution in [3.8, 4) is 5.88 Å². The number of hydrogen-bond donors (Lipinski definition) is 2. The molecule has 1 aromatic rings. The summed E-state index contributed by atoms with van der Waals surface area (Å²) in [6, 6.07) is 1.88. The van der Waals surface area contributed by atoms with Gasteiger partial charge in [0.15, 0.2) is 0 Å². The van der Waals surface area contributed by atoms with Crippen molar-refractivity contribution in [3.05, 3.63) is 23.9 Å². The number of alkyl halides is 3. The number of nitrogens with zero attached hydrogens (tertiary/aromatic N) is 1. The summed E-state index contributed by atoms with van der Waals surface area (Å²) in [6.07, 6.45) is 0.557. The molecule has 24 heavy (non-hydrogen) atoms. The van der Waals surface area contributed by atoms with E-state index in [0.29, 0.717) is 5.56 Å². The Balaban J connectivity index is 2.53. The fourth-order valence-corrected chi connectivity index (χ4v) is 2.19. The number of carbonyl (C=O) groups is 1. The summed E-state index contributed by atoms with van der Waals surface area (Å²) < 4.78 is 40.4. The average molecular weight is 347 g/mol. The smallest absolute Gasteiger partial charge is 0.388 e. The molecule has 1 rings (SSSR count). The third-order valence-electron chi connectivity index (χ3n) is 3.44. The summed E-state index contributed by atoms with van der Waals surface area (Å²) in [5.74, 6) is -0.554. The van der Waals surface area contributed by atoms with E-state index >= 15 is 0 Å². The minimum absolute atomic E-state index is 0.0327. The first-order valence-corrected chi connectivity index (χ1v) is 8.00. The van der Waals surface area contributed by atoms with Gasteiger partial charge in [0.2, 0.25) is 5.88 Å². The first-order chi connectivity index (χ1) is 11.2. The number of amides is 2. The Morgan fingerprint density at radius 1 is 1.29 bits per heavy atom. The molecule has 0 aliphatic heterocycles. The van der Waals surface area contributed by atoms with Crippen molar-refractivity contribution in [3.63, 3.8) is 0 Å². The standard InChI is InChI=1S/C16H24F3N3O2/c1-4-5-6-7-11(2)21-15(23)22-12(3)13-8-9-20-14(10-13)24-16(17,18)19/h8-12H,4-7H2,1-3H3,(H2,21,22,23). The minimum atomic E-state index is -4.80. The highest BCUT2D eigenvalue weighted by Crippen LogP contribution is 2.23. The summed E-state index contributed by atoms with van der Waals surface area (Å²) in [5.41, 5.74) is 0.470. The average Bonchev–Trinajstić information content (AvgIpc) is 2.45. The van der Waals surface area contributed by atoms with Crippen LogP contribution >= 0.6 is 0 Å². The molecule has 0 aliphatic carbocycles. The van der Waals surface area contributed by atoms with Crippen LogP contribution in [0, 0.1) is 0 Å². The summed E-state index contributed by atoms with van der Waals surface area (Å²) >= 11 is 0. The van der Waals surface area contributed by atoms with Gasteiger partial charge in [0.25, 0.3) is 0 Å². The van der Waals surface area contributed by atoms with E-state index in [1.54, 1.807) is 6.92 Å². The number of carbonyl (C=O) groups excluding carboxylic acids is 1. The fraction of sp³-hybridized carbons (Fsp3) is 0.625. The summed E-state index contributed by atoms with van der Waals surface area (Å²) in [7, 11) is 0. The van der Waals surface area contributed by atoms with E-state index < -0.39 is 18.3 Å². The Labute approximate surface area is 140 Å². The van der Waals surface area contributed by atoms with Crippen molar-refractivity contribution < 1.29 is 22.7 Å². The molecule has 1 aromatic heterocycles. The van der Waals surface area contributed by atoms with E-state index in [4.69, 9.17) is 0 Å². The van der Waals surface area contributed by atoms with Crippen molar-refractivity contribution in [1.82, 2.24) is 15.6 Å². The van der Waals surface area contributed by atoms with E-state index in [-0.39, 0.29) is 12.1 Å². The van der Waals surface area contributed by atoms with E-state index in [1.807, 2.05) is 6.92 Å². The summed E-state index contributed by atoms with van der Waals surface area (Å²) in [5, 5.41) is 5.51. The van der Waals surface area contributed by atoms with Crippen molar-refractivity contribution >= 4 is 6.03 Å². The second kappa shape index (κ2) is 9.34. The molecule has 2 atom stereocenters. The van der Waals surface area contributed by atoms with Gasteiger partial charge < -0.3 is 15.4 Å². The Morgan fingerprint density at radius 2 is 2.00 bits per heavy atom. The largest absolute Gasteiger partial charge is 0.574 e. The molecule has 136 valence electrons. The van der Waals surface area contributed by atoms with E-state index in [9.17, 15) is 18.0 Å². The molecular weight excluding hydrogens is 323 g/mol. The number of unbranched alkanes of at least 4 members (excludes halogenated alkanes) is 2. The van der Waals surface area contributed by atoms with Crippen LogP contribution in [0.4, 0.5) is 18.0 Å². The molecule has 0 aliphatic rings. The molecule has 0 spiro atoms. The van der Waals surface area contributed by atoms with Crippen molar-refractivity contribution in [2.75, 3.05) is 0 Å². The first-order valence-electron chi connectivity index (χ1n) is 8.00. The summed E-state index contributed by atoms with van der Waals surface area (Å²) in [6.45, 7) is 5.70. The van der Waals surface area contributed by atoms with Gasteiger partial charge in [0.1, 0.15) is 0 Å². The normalized spacial score (nSPS) is 13.9. The van der Waals surface area contributed by atoms with E-state index in [1.165, 1.54) is 12.3 Å². The monoisotopic (exact) mass is 347 g/mol. The zero-order valence-electron chi connectivity index (χ0n) is 14.1. The predicted octanol–water partition coefficient (Wildman–Crippen LogP) is 4.31. The molecular formula is C16H24F3N3O2. The molecule has 0 saturated carbocycles. The van der Waals surface area contributed by atoms with Crippen LogP contribution in [0.3, 0.4) is 0 Å². The van der Waals surface area contributed by atoms with Gasteiger partial charge in [-0.05, 0) is 31.9 Å². The van der Waals surface area contributed by atoms with Crippen LogP contribution < -0.4 is 15.4 Å². The fourth-order valence-electron chi connectivity index (χ4n) is 2.19. The van der Waals surface area contributed by atoms with Gasteiger partial charge in [-0.25, -0.2) is 9.78 Å². The molecule has 2 unspecified atom stereocenters. The number of urea groups is 1. The minimum Gasteiger partial charge on any atom is -0.388 e. The number of nitrogens with one attached hydrogen (secondary N) is 2. The molecule has 0 radical (unpaired) electrons. The highest BCUT2D eigenvalue weighted by molar-refractivity contribution is 5.74. The molecule has 0 aromatic carbocycles. The van der Waals surface area contributed by atoms with Gasteiger partial charge in [-0.3, -0.25) is 0 Å². The number of hydrogen-bond acceptors (Lipinski definition) is 3. The molecule has 0 fully saturated rings. The maximum atomic E-state index is 12.2. The zero-order chi connectivity index (χ0) is 18.2. The van der Waals surface area contributed by atoms with Gasteiger partial charge in [-0.1, -0.05) is 26.2 Å². The number of halogens is 3. The molecule has 2 N–H and O–H groups in total. The highest BCUT2D eigenvalue weighted by Gasteiger charge is 2.32. The number of ether oxygens (including phenoxy) is 1. The number of rotatable bonds is 8. The van der Waals surface area contributed by atoms with Crippen LogP contribution in [0.2, 0.25) is 0 Å². The molecule has 0 bridgehead atoms. The second-order valence-electron chi connectivity index (χ2n) is 5.71. The number of aromatic nitrogens is 1. The lowest BCUT2D eigenvalue weighted by molar-refractivity contribution is -0.276. The van der Waals surface area contributed by atoms with Crippen LogP contribution in [0.25, 0.3) is 0 Å². The molecule has 8 heteroatoms. The summed E-state index contributed by atoms with van der Waals surface area (Å²) in [4.78, 5) is 15.4. The van der Waals surface area contributed by atoms with Gasteiger partial charge in [-0.15, -0.1) is 13.2 Å². The van der Waals surface area contributed by atoms with Crippen LogP contribution in [0.5, 0.6) is 5.88 Å². The van der Waals surface area contributed by atoms with Crippen LogP contribution in [-0.2, 0) is 0 Å². The van der Waals surface area contributed by atoms with Gasteiger partial charge in [0, 0.05) is 18.3 Å². The zero-order valence-corrected chi connectivity index (χ0v) is 14.1. The third kappa shape index (κ3) is 8.03. The van der Waals surface area contributed by atoms with Crippen LogP contribution in [0.1, 0.15) is 58.1 Å². The van der Waals surface area contributed by atoms with Crippen LogP contribution in [-0.4, -0.2) is 23.4 Å². The Kier molecular flexibility index (Phi) is 7.81. The lowest BCUT2D eigenvalue weighted by atomic mass is 10.1. The predicted molar refractivity (Wildman–Crippen MR) is 84.6 cm³/mol. The first kappa shape index (κ1) is 20.1. The van der Waals surface area contributed by atoms with E-state index in [0.717, 1.165) is 31.7 Å². The molecule has 0 saturated heterocycles. The van der Waals surface area contributed by atoms with Gasteiger partial charge in [0.05, 0.1) is 6.04 Å². The van der Waals surface area contributed by atoms with Crippen molar-refractivity contribution in [2.45, 2.75) is 64.9 Å². The Hall–Kier alpha value is -1.99. The highest BCUT2D eigenvalue weighted by atomic mass is 19.4. The second-order valence-corrected chi connectivity index (χ2v) is 5.71. The lowest BCUT2D eigenvalue weighted by Gasteiger charge is -2.19. The SMILES string of the molecule is CCCCCC(C)NC(=O)NC(C)c1ccnc(OC(F)(F)F)c1. The topological polar surface area (TPSA) is 63.2 Å². The number of pyridine rings is 1. The Bertz CT molecular complexity index is 524. The van der Waals surface area contributed by atoms with Gasteiger partial charge >= 0.3 is 12.4 Å². The molecule has 2 amide bonds. The lowest BCUT2D eigenvalue weighted by Crippen LogP contribution is -2.41. The third-order valence-corrected chi connectivity index (χ3v) is 3.44.